The van der Waals surface area contributed by atoms with Gasteiger partial charge < -0.3 is 14.9 Å². The number of benzene rings is 2. The van der Waals surface area contributed by atoms with Gasteiger partial charge in [-0.3, -0.25) is 14.6 Å². The lowest BCUT2D eigenvalue weighted by molar-refractivity contribution is -0.140. The predicted molar refractivity (Wildman–Crippen MR) is 127 cm³/mol. The van der Waals surface area contributed by atoms with Crippen LogP contribution in [0.4, 0.5) is 5.69 Å². The molecule has 1 N–H and O–H groups in total. The molecule has 1 aliphatic heterocycles. The highest BCUT2D eigenvalue weighted by Gasteiger charge is 2.46. The van der Waals surface area contributed by atoms with Gasteiger partial charge in [-0.15, -0.1) is 0 Å². The summed E-state index contributed by atoms with van der Waals surface area (Å²) in [5, 5.41) is 11.1. The smallest absolute Gasteiger partial charge is 0.296 e. The van der Waals surface area contributed by atoms with Gasteiger partial charge in [-0.25, -0.2) is 0 Å². The first-order valence-electron chi connectivity index (χ1n) is 10.1. The van der Waals surface area contributed by atoms with Crippen LogP contribution in [0.1, 0.15) is 22.9 Å². The molecule has 1 amide bonds. The Labute approximate surface area is 194 Å². The number of aromatic nitrogens is 1. The summed E-state index contributed by atoms with van der Waals surface area (Å²) < 4.78 is 0.848. The van der Waals surface area contributed by atoms with E-state index in [1.165, 1.54) is 4.90 Å². The largest absolute Gasteiger partial charge is 0.507 e. The lowest BCUT2D eigenvalue weighted by Gasteiger charge is -2.25. The third-order valence-electron chi connectivity index (χ3n) is 5.44. The topological polar surface area (TPSA) is 73.7 Å². The van der Waals surface area contributed by atoms with Gasteiger partial charge in [0.1, 0.15) is 5.76 Å². The van der Waals surface area contributed by atoms with Gasteiger partial charge in [0, 0.05) is 36.0 Å². The van der Waals surface area contributed by atoms with Crippen LogP contribution in [0.25, 0.3) is 5.76 Å². The average molecular weight is 492 g/mol. The standard InChI is InChI=1S/C25H22BrN3O3/c1-28(2)20-12-8-16(9-13-20)22-21(23(30)17-6-10-18(26)11-7-17)24(31)25(32)29(22)15-19-5-3-4-14-27-19/h3-14,22,30H,15H2,1-2H3/b23-21-. The highest BCUT2D eigenvalue weighted by Crippen LogP contribution is 2.40. The van der Waals surface area contributed by atoms with Gasteiger partial charge in [0.15, 0.2) is 0 Å². The lowest BCUT2D eigenvalue weighted by atomic mass is 9.95. The van der Waals surface area contributed by atoms with Crippen molar-refractivity contribution >= 4 is 39.1 Å². The number of aliphatic hydroxyl groups excluding tert-OH is 1. The van der Waals surface area contributed by atoms with Crippen LogP contribution in [-0.4, -0.2) is 40.8 Å². The molecule has 2 aromatic carbocycles. The minimum absolute atomic E-state index is 0.0749. The molecule has 0 radical (unpaired) electrons. The van der Waals surface area contributed by atoms with E-state index in [-0.39, 0.29) is 17.9 Å². The molecule has 1 fully saturated rings. The summed E-state index contributed by atoms with van der Waals surface area (Å²) in [6.45, 7) is 0.155. The zero-order valence-corrected chi connectivity index (χ0v) is 19.3. The van der Waals surface area contributed by atoms with E-state index < -0.39 is 17.7 Å². The molecule has 1 atom stereocenters. The number of ketones is 1. The van der Waals surface area contributed by atoms with Crippen LogP contribution in [0.3, 0.4) is 0 Å². The van der Waals surface area contributed by atoms with Crippen molar-refractivity contribution in [3.63, 3.8) is 0 Å². The second kappa shape index (κ2) is 8.96. The van der Waals surface area contributed by atoms with E-state index in [2.05, 4.69) is 20.9 Å². The van der Waals surface area contributed by atoms with Crippen molar-refractivity contribution in [2.24, 2.45) is 0 Å². The second-order valence-corrected chi connectivity index (χ2v) is 8.66. The summed E-state index contributed by atoms with van der Waals surface area (Å²) >= 11 is 3.38. The summed E-state index contributed by atoms with van der Waals surface area (Å²) in [5.41, 5.74) is 2.94. The van der Waals surface area contributed by atoms with Crippen LogP contribution in [0.15, 0.2) is 83.0 Å². The van der Waals surface area contributed by atoms with Crippen molar-refractivity contribution in [3.05, 3.63) is 99.8 Å². The Kier molecular flexibility index (Phi) is 6.10. The first-order chi connectivity index (χ1) is 15.4. The van der Waals surface area contributed by atoms with E-state index in [0.29, 0.717) is 11.3 Å². The fourth-order valence-corrected chi connectivity index (χ4v) is 4.04. The molecule has 1 aromatic heterocycles. The number of hydrogen-bond acceptors (Lipinski definition) is 5. The van der Waals surface area contributed by atoms with Gasteiger partial charge in [0.05, 0.1) is 23.9 Å². The maximum Gasteiger partial charge on any atom is 0.296 e. The number of amides is 1. The molecule has 0 aliphatic carbocycles. The molecule has 3 aromatic rings. The zero-order valence-electron chi connectivity index (χ0n) is 17.7. The van der Waals surface area contributed by atoms with E-state index in [1.807, 2.05) is 49.3 Å². The second-order valence-electron chi connectivity index (χ2n) is 7.74. The lowest BCUT2D eigenvalue weighted by Crippen LogP contribution is -2.29. The van der Waals surface area contributed by atoms with Gasteiger partial charge >= 0.3 is 0 Å². The molecule has 1 unspecified atom stereocenters. The molecule has 2 heterocycles. The number of aliphatic hydroxyl groups is 1. The molecule has 0 saturated carbocycles. The Morgan fingerprint density at radius 1 is 1.03 bits per heavy atom. The first-order valence-corrected chi connectivity index (χ1v) is 10.9. The third kappa shape index (κ3) is 4.16. The molecule has 4 rings (SSSR count). The van der Waals surface area contributed by atoms with E-state index >= 15 is 0 Å². The zero-order chi connectivity index (χ0) is 22.8. The highest BCUT2D eigenvalue weighted by atomic mass is 79.9. The minimum atomic E-state index is -0.725. The Morgan fingerprint density at radius 3 is 2.31 bits per heavy atom. The van der Waals surface area contributed by atoms with E-state index in [9.17, 15) is 14.7 Å². The summed E-state index contributed by atoms with van der Waals surface area (Å²) in [7, 11) is 3.88. The first kappa shape index (κ1) is 21.8. The summed E-state index contributed by atoms with van der Waals surface area (Å²) in [5.74, 6) is -1.56. The number of halogens is 1. The van der Waals surface area contributed by atoms with Crippen LogP contribution < -0.4 is 4.90 Å². The number of pyridine rings is 1. The summed E-state index contributed by atoms with van der Waals surface area (Å²) in [4.78, 5) is 33.9. The Morgan fingerprint density at radius 2 is 1.72 bits per heavy atom. The van der Waals surface area contributed by atoms with Crippen LogP contribution in [-0.2, 0) is 16.1 Å². The van der Waals surface area contributed by atoms with E-state index in [0.717, 1.165) is 15.7 Å². The van der Waals surface area contributed by atoms with E-state index in [1.54, 1.807) is 42.6 Å². The number of carbonyl (C=O) groups excluding carboxylic acids is 2. The van der Waals surface area contributed by atoms with Crippen LogP contribution in [0.5, 0.6) is 0 Å². The van der Waals surface area contributed by atoms with Gasteiger partial charge in [-0.2, -0.15) is 0 Å². The van der Waals surface area contributed by atoms with Gasteiger partial charge in [0.25, 0.3) is 11.7 Å². The number of anilines is 1. The molecule has 6 nitrogen and oxygen atoms in total. The number of Topliss-reactive ketones (excluding diaryl/α,β-unsaturated/α-hetero) is 1. The van der Waals surface area contributed by atoms with Crippen LogP contribution >= 0.6 is 15.9 Å². The molecule has 162 valence electrons. The minimum Gasteiger partial charge on any atom is -0.507 e. The molecule has 0 spiro atoms. The normalized spacial score (nSPS) is 17.6. The SMILES string of the molecule is CN(C)c1ccc(C2/C(=C(/O)c3ccc(Br)cc3)C(=O)C(=O)N2Cc2ccccn2)cc1. The number of nitrogens with zero attached hydrogens (tertiary/aromatic N) is 3. The molecule has 7 heteroatoms. The van der Waals surface area contributed by atoms with Gasteiger partial charge in [-0.1, -0.05) is 46.3 Å². The summed E-state index contributed by atoms with van der Waals surface area (Å²) in [6, 6.07) is 19.3. The van der Waals surface area contributed by atoms with Gasteiger partial charge in [-0.05, 0) is 42.0 Å². The highest BCUT2D eigenvalue weighted by molar-refractivity contribution is 9.10. The molecular weight excluding hydrogens is 470 g/mol. The summed E-state index contributed by atoms with van der Waals surface area (Å²) in [6.07, 6.45) is 1.65. The number of likely N-dealkylation sites (tertiary alicyclic amines) is 1. The van der Waals surface area contributed by atoms with Crippen molar-refractivity contribution in [2.45, 2.75) is 12.6 Å². The Hall–Kier alpha value is -3.45. The Balaban J connectivity index is 1.84. The average Bonchev–Trinajstić information content (AvgIpc) is 3.05. The van der Waals surface area contributed by atoms with Crippen molar-refractivity contribution < 1.29 is 14.7 Å². The monoisotopic (exact) mass is 491 g/mol. The van der Waals surface area contributed by atoms with Crippen molar-refractivity contribution in [1.82, 2.24) is 9.88 Å². The molecule has 1 aliphatic rings. The maximum atomic E-state index is 13.1. The van der Waals surface area contributed by atoms with Crippen LogP contribution in [0.2, 0.25) is 0 Å². The van der Waals surface area contributed by atoms with Crippen molar-refractivity contribution in [1.29, 1.82) is 0 Å². The van der Waals surface area contributed by atoms with Crippen molar-refractivity contribution in [2.75, 3.05) is 19.0 Å². The fraction of sp³-hybridized carbons (Fsp3) is 0.160. The Bertz CT molecular complexity index is 1170. The number of carbonyl (C=O) groups is 2. The third-order valence-corrected chi connectivity index (χ3v) is 5.97. The molecular formula is C25H22BrN3O3. The van der Waals surface area contributed by atoms with Gasteiger partial charge in [0.2, 0.25) is 0 Å². The fourth-order valence-electron chi connectivity index (χ4n) is 3.77. The van der Waals surface area contributed by atoms with Crippen LogP contribution in [0, 0.1) is 0 Å². The number of hydrogen-bond donors (Lipinski definition) is 1. The molecule has 32 heavy (non-hydrogen) atoms. The van der Waals surface area contributed by atoms with E-state index in [4.69, 9.17) is 0 Å². The number of rotatable bonds is 5. The predicted octanol–water partition coefficient (Wildman–Crippen LogP) is 4.53. The molecule has 1 saturated heterocycles. The quantitative estimate of drug-likeness (QED) is 0.322. The maximum absolute atomic E-state index is 13.1. The molecule has 0 bridgehead atoms. The van der Waals surface area contributed by atoms with Crippen molar-refractivity contribution in [3.8, 4) is 0 Å².